The Morgan fingerprint density at radius 3 is 2.77 bits per heavy atom. The van der Waals surface area contributed by atoms with Crippen molar-refractivity contribution in [3.63, 3.8) is 0 Å². The number of carbonyl (C=O) groups excluding carboxylic acids is 1. The van der Waals surface area contributed by atoms with Gasteiger partial charge in [0.05, 0.1) is 22.2 Å². The van der Waals surface area contributed by atoms with Gasteiger partial charge in [-0.05, 0) is 50.7 Å². The van der Waals surface area contributed by atoms with Crippen LogP contribution in [-0.4, -0.2) is 13.1 Å². The highest BCUT2D eigenvalue weighted by atomic mass is 127. The maximum atomic E-state index is 11.2. The van der Waals surface area contributed by atoms with Gasteiger partial charge in [0, 0.05) is 3.57 Å². The van der Waals surface area contributed by atoms with Crippen LogP contribution in [0.2, 0.25) is 5.02 Å². The van der Waals surface area contributed by atoms with E-state index in [4.69, 9.17) is 11.6 Å². The lowest BCUT2D eigenvalue weighted by Crippen LogP contribution is -2.04. The SMILES string of the molecule is COC(=O)c1ccc(Cl)c(Br)c1I. The zero-order chi connectivity index (χ0) is 10.0. The summed E-state index contributed by atoms with van der Waals surface area (Å²) in [6, 6.07) is 3.29. The summed E-state index contributed by atoms with van der Waals surface area (Å²) in [4.78, 5) is 11.2. The fraction of sp³-hybridized carbons (Fsp3) is 0.125. The second-order valence-corrected chi connectivity index (χ2v) is 4.49. The zero-order valence-electron chi connectivity index (χ0n) is 6.61. The molecule has 5 heteroatoms. The molecule has 0 aromatic heterocycles. The second-order valence-electron chi connectivity index (χ2n) is 2.21. The smallest absolute Gasteiger partial charge is 0.338 e. The van der Waals surface area contributed by atoms with Gasteiger partial charge in [0.25, 0.3) is 0 Å². The highest BCUT2D eigenvalue weighted by Crippen LogP contribution is 2.30. The van der Waals surface area contributed by atoms with Gasteiger partial charge in [-0.3, -0.25) is 0 Å². The first-order valence-corrected chi connectivity index (χ1v) is 5.54. The Bertz CT molecular complexity index is 354. The first kappa shape index (κ1) is 11.3. The molecule has 0 spiro atoms. The second kappa shape index (κ2) is 4.61. The van der Waals surface area contributed by atoms with Gasteiger partial charge in [-0.15, -0.1) is 0 Å². The van der Waals surface area contributed by atoms with Crippen molar-refractivity contribution in [3.05, 3.63) is 30.8 Å². The van der Waals surface area contributed by atoms with Crippen LogP contribution in [0.1, 0.15) is 10.4 Å². The van der Waals surface area contributed by atoms with Crippen LogP contribution in [0.3, 0.4) is 0 Å². The van der Waals surface area contributed by atoms with E-state index in [0.717, 1.165) is 8.04 Å². The third-order valence-electron chi connectivity index (χ3n) is 1.44. The fourth-order valence-electron chi connectivity index (χ4n) is 0.794. The Morgan fingerprint density at radius 1 is 1.62 bits per heavy atom. The number of methoxy groups -OCH3 is 1. The van der Waals surface area contributed by atoms with Crippen molar-refractivity contribution in [2.75, 3.05) is 7.11 Å². The Hall–Kier alpha value is 0.190. The Morgan fingerprint density at radius 2 is 2.23 bits per heavy atom. The predicted octanol–water partition coefficient (Wildman–Crippen LogP) is 3.49. The number of benzene rings is 1. The van der Waals surface area contributed by atoms with Crippen molar-refractivity contribution < 1.29 is 9.53 Å². The molecule has 0 N–H and O–H groups in total. The summed E-state index contributed by atoms with van der Waals surface area (Å²) in [5.41, 5.74) is 0.513. The lowest BCUT2D eigenvalue weighted by molar-refractivity contribution is 0.0599. The third-order valence-corrected chi connectivity index (χ3v) is 4.67. The highest BCUT2D eigenvalue weighted by Gasteiger charge is 2.14. The maximum absolute atomic E-state index is 11.2. The minimum Gasteiger partial charge on any atom is -0.465 e. The number of rotatable bonds is 1. The molecule has 70 valence electrons. The van der Waals surface area contributed by atoms with Gasteiger partial charge < -0.3 is 4.74 Å². The van der Waals surface area contributed by atoms with Gasteiger partial charge in [0.2, 0.25) is 0 Å². The number of ether oxygens (including phenoxy) is 1. The topological polar surface area (TPSA) is 26.3 Å². The molecule has 1 aromatic carbocycles. The molecule has 1 rings (SSSR count). The normalized spacial score (nSPS) is 9.85. The molecule has 0 atom stereocenters. The average Bonchev–Trinajstić information content (AvgIpc) is 2.13. The van der Waals surface area contributed by atoms with Crippen LogP contribution in [-0.2, 0) is 4.74 Å². The summed E-state index contributed by atoms with van der Waals surface area (Å²) in [6.07, 6.45) is 0. The quantitative estimate of drug-likeness (QED) is 0.427. The van der Waals surface area contributed by atoms with Crippen LogP contribution >= 0.6 is 50.1 Å². The summed E-state index contributed by atoms with van der Waals surface area (Å²) in [5, 5.41) is 0.581. The number of hydrogen-bond acceptors (Lipinski definition) is 2. The van der Waals surface area contributed by atoms with Gasteiger partial charge in [-0.2, -0.15) is 0 Å². The van der Waals surface area contributed by atoms with E-state index < -0.39 is 0 Å². The zero-order valence-corrected chi connectivity index (χ0v) is 11.1. The first-order chi connectivity index (χ1) is 6.07. The third kappa shape index (κ3) is 2.35. The summed E-state index contributed by atoms with van der Waals surface area (Å²) in [5.74, 6) is -0.359. The minimum atomic E-state index is -0.359. The van der Waals surface area contributed by atoms with Gasteiger partial charge >= 0.3 is 5.97 Å². The van der Waals surface area contributed by atoms with Crippen molar-refractivity contribution in [1.82, 2.24) is 0 Å². The van der Waals surface area contributed by atoms with E-state index in [0.29, 0.717) is 10.6 Å². The monoisotopic (exact) mass is 374 g/mol. The standard InChI is InChI=1S/C8H5BrClIO2/c1-13-8(12)4-2-3-5(10)6(9)7(4)11/h2-3H,1H3. The van der Waals surface area contributed by atoms with Crippen LogP contribution in [0.5, 0.6) is 0 Å². The molecule has 0 amide bonds. The van der Waals surface area contributed by atoms with Gasteiger partial charge in [0.1, 0.15) is 0 Å². The molecule has 2 nitrogen and oxygen atoms in total. The van der Waals surface area contributed by atoms with Crippen molar-refractivity contribution in [2.24, 2.45) is 0 Å². The molecular weight excluding hydrogens is 370 g/mol. The molecule has 0 saturated heterocycles. The number of hydrogen-bond donors (Lipinski definition) is 0. The molecule has 1 aromatic rings. The van der Waals surface area contributed by atoms with Crippen molar-refractivity contribution >= 4 is 56.1 Å². The lowest BCUT2D eigenvalue weighted by Gasteiger charge is -2.05. The summed E-state index contributed by atoms with van der Waals surface area (Å²) in [7, 11) is 1.35. The van der Waals surface area contributed by atoms with Gasteiger partial charge in [-0.25, -0.2) is 4.79 Å². The van der Waals surface area contributed by atoms with Crippen LogP contribution in [0.25, 0.3) is 0 Å². The van der Waals surface area contributed by atoms with E-state index >= 15 is 0 Å². The van der Waals surface area contributed by atoms with E-state index in [2.05, 4.69) is 20.7 Å². The Labute approximate surface area is 103 Å². The minimum absolute atomic E-state index is 0.359. The van der Waals surface area contributed by atoms with Crippen molar-refractivity contribution in [2.45, 2.75) is 0 Å². The van der Waals surface area contributed by atoms with E-state index in [1.165, 1.54) is 7.11 Å². The molecule has 0 radical (unpaired) electrons. The molecule has 0 aliphatic carbocycles. The maximum Gasteiger partial charge on any atom is 0.338 e. The van der Waals surface area contributed by atoms with Gasteiger partial charge in [-0.1, -0.05) is 11.6 Å². The summed E-state index contributed by atoms with van der Waals surface area (Å²) >= 11 is 11.1. The molecule has 0 aliphatic rings. The molecule has 0 aliphatic heterocycles. The number of esters is 1. The van der Waals surface area contributed by atoms with E-state index in [-0.39, 0.29) is 5.97 Å². The van der Waals surface area contributed by atoms with Crippen LogP contribution in [0, 0.1) is 3.57 Å². The highest BCUT2D eigenvalue weighted by molar-refractivity contribution is 14.1. The molecular formula is C8H5BrClIO2. The van der Waals surface area contributed by atoms with Crippen molar-refractivity contribution in [3.8, 4) is 0 Å². The largest absolute Gasteiger partial charge is 0.465 e. The number of halogens is 3. The summed E-state index contributed by atoms with van der Waals surface area (Å²) in [6.45, 7) is 0. The molecule has 0 fully saturated rings. The molecule has 0 bridgehead atoms. The van der Waals surface area contributed by atoms with Crippen LogP contribution in [0.15, 0.2) is 16.6 Å². The van der Waals surface area contributed by atoms with E-state index in [9.17, 15) is 4.79 Å². The molecule has 13 heavy (non-hydrogen) atoms. The lowest BCUT2D eigenvalue weighted by atomic mass is 10.2. The fourth-order valence-corrected chi connectivity index (χ4v) is 2.15. The molecule has 0 heterocycles. The Kier molecular flexibility index (Phi) is 4.00. The van der Waals surface area contributed by atoms with E-state index in [1.807, 2.05) is 22.6 Å². The number of carbonyl (C=O) groups is 1. The van der Waals surface area contributed by atoms with Crippen LogP contribution < -0.4 is 0 Å². The molecule has 0 unspecified atom stereocenters. The molecule has 0 saturated carbocycles. The van der Waals surface area contributed by atoms with Crippen molar-refractivity contribution in [1.29, 1.82) is 0 Å². The Balaban J connectivity index is 3.26. The average molecular weight is 375 g/mol. The van der Waals surface area contributed by atoms with Gasteiger partial charge in [0.15, 0.2) is 0 Å². The predicted molar refractivity (Wildman–Crippen MR) is 63.2 cm³/mol. The van der Waals surface area contributed by atoms with E-state index in [1.54, 1.807) is 12.1 Å². The summed E-state index contributed by atoms with van der Waals surface area (Å²) < 4.78 is 6.09. The first-order valence-electron chi connectivity index (χ1n) is 3.29. The van der Waals surface area contributed by atoms with Crippen LogP contribution in [0.4, 0.5) is 0 Å².